The van der Waals surface area contributed by atoms with Crippen LogP contribution in [0.2, 0.25) is 10.0 Å². The van der Waals surface area contributed by atoms with Gasteiger partial charge in [0.1, 0.15) is 11.4 Å². The molecular formula is C28H32Cl2N4O4. The van der Waals surface area contributed by atoms with Gasteiger partial charge in [0.25, 0.3) is 5.91 Å². The minimum absolute atomic E-state index is 0.0125. The third-order valence-electron chi connectivity index (χ3n) is 6.38. The zero-order valence-corrected chi connectivity index (χ0v) is 23.7. The summed E-state index contributed by atoms with van der Waals surface area (Å²) in [5.41, 5.74) is 2.79. The Morgan fingerprint density at radius 2 is 1.74 bits per heavy atom. The van der Waals surface area contributed by atoms with Crippen LogP contribution in [0.25, 0.3) is 5.69 Å². The van der Waals surface area contributed by atoms with Crippen LogP contribution in [0.3, 0.4) is 0 Å². The van der Waals surface area contributed by atoms with Gasteiger partial charge in [-0.05, 0) is 76.4 Å². The summed E-state index contributed by atoms with van der Waals surface area (Å²) < 4.78 is 12.8. The van der Waals surface area contributed by atoms with Gasteiger partial charge < -0.3 is 19.7 Å². The highest BCUT2D eigenvalue weighted by atomic mass is 35.5. The van der Waals surface area contributed by atoms with E-state index in [0.29, 0.717) is 53.0 Å². The Hall–Kier alpha value is -3.23. The lowest BCUT2D eigenvalue weighted by Crippen LogP contribution is -2.41. The monoisotopic (exact) mass is 558 g/mol. The topological polar surface area (TPSA) is 85.7 Å². The van der Waals surface area contributed by atoms with Crippen molar-refractivity contribution in [2.24, 2.45) is 0 Å². The van der Waals surface area contributed by atoms with Gasteiger partial charge in [-0.1, -0.05) is 23.2 Å². The van der Waals surface area contributed by atoms with Gasteiger partial charge in [-0.25, -0.2) is 9.48 Å². The number of hydrogen-bond donors (Lipinski definition) is 1. The van der Waals surface area contributed by atoms with E-state index in [1.165, 1.54) is 7.11 Å². The van der Waals surface area contributed by atoms with E-state index < -0.39 is 5.60 Å². The number of halogens is 2. The average molecular weight is 559 g/mol. The maximum absolute atomic E-state index is 13.6. The van der Waals surface area contributed by atoms with Crippen molar-refractivity contribution in [1.82, 2.24) is 14.7 Å². The first-order chi connectivity index (χ1) is 18.0. The molecule has 1 aromatic heterocycles. The van der Waals surface area contributed by atoms with Gasteiger partial charge in [-0.2, -0.15) is 5.10 Å². The zero-order chi connectivity index (χ0) is 27.6. The van der Waals surface area contributed by atoms with Crippen molar-refractivity contribution in [3.05, 3.63) is 69.5 Å². The minimum atomic E-state index is -0.562. The molecule has 1 fully saturated rings. The number of methoxy groups -OCH3 is 1. The van der Waals surface area contributed by atoms with Crippen molar-refractivity contribution in [3.8, 4) is 11.4 Å². The van der Waals surface area contributed by atoms with Crippen molar-refractivity contribution in [2.45, 2.75) is 52.1 Å². The van der Waals surface area contributed by atoms with Crippen LogP contribution >= 0.6 is 23.2 Å². The predicted octanol–water partition coefficient (Wildman–Crippen LogP) is 6.86. The van der Waals surface area contributed by atoms with E-state index >= 15 is 0 Å². The van der Waals surface area contributed by atoms with E-state index in [4.69, 9.17) is 32.7 Å². The number of ether oxygens (including phenoxy) is 2. The molecule has 1 N–H and O–H groups in total. The molecule has 3 aromatic rings. The van der Waals surface area contributed by atoms with Gasteiger partial charge in [0.15, 0.2) is 0 Å². The van der Waals surface area contributed by atoms with Gasteiger partial charge in [0.05, 0.1) is 35.9 Å². The zero-order valence-electron chi connectivity index (χ0n) is 22.2. The summed E-state index contributed by atoms with van der Waals surface area (Å²) in [6, 6.07) is 10.8. The maximum atomic E-state index is 13.6. The van der Waals surface area contributed by atoms with Gasteiger partial charge in [0, 0.05) is 35.1 Å². The fraction of sp³-hybridized carbons (Fsp3) is 0.393. The summed E-state index contributed by atoms with van der Waals surface area (Å²) in [6.07, 6.45) is 2.56. The standard InChI is InChI=1S/C28H32Cl2N4O4/c1-17-14-23(24(37-5)15-22(17)30)32-26(35)21-16-31-34(20-8-6-19(29)7-9-20)25(21)18-10-12-33(13-11-18)27(36)38-28(2,3)4/h6-9,14-16,18H,10-13H2,1-5H3,(H,32,35). The van der Waals surface area contributed by atoms with Crippen LogP contribution in [0.5, 0.6) is 5.75 Å². The second kappa shape index (κ2) is 11.3. The molecule has 0 saturated carbocycles. The molecule has 0 atom stereocenters. The molecule has 0 aliphatic carbocycles. The number of carbonyl (C=O) groups excluding carboxylic acids is 2. The number of rotatable bonds is 5. The number of aryl methyl sites for hydroxylation is 1. The van der Waals surface area contributed by atoms with Crippen LogP contribution in [-0.2, 0) is 4.74 Å². The lowest BCUT2D eigenvalue weighted by molar-refractivity contribution is 0.0203. The Morgan fingerprint density at radius 3 is 2.34 bits per heavy atom. The number of amides is 2. The van der Waals surface area contributed by atoms with Gasteiger partial charge in [-0.3, -0.25) is 4.79 Å². The summed E-state index contributed by atoms with van der Waals surface area (Å²) in [4.78, 5) is 27.9. The Kier molecular flexibility index (Phi) is 8.23. The number of nitrogens with zero attached hydrogens (tertiary/aromatic N) is 3. The van der Waals surface area contributed by atoms with Crippen molar-refractivity contribution in [1.29, 1.82) is 0 Å². The molecule has 2 heterocycles. The largest absolute Gasteiger partial charge is 0.495 e. The molecule has 2 amide bonds. The van der Waals surface area contributed by atoms with Crippen LogP contribution in [0.1, 0.15) is 61.1 Å². The van der Waals surface area contributed by atoms with E-state index in [2.05, 4.69) is 10.4 Å². The first-order valence-electron chi connectivity index (χ1n) is 12.4. The summed E-state index contributed by atoms with van der Waals surface area (Å²) in [6.45, 7) is 8.44. The van der Waals surface area contributed by atoms with Gasteiger partial charge in [-0.15, -0.1) is 0 Å². The highest BCUT2D eigenvalue weighted by molar-refractivity contribution is 6.31. The highest BCUT2D eigenvalue weighted by Crippen LogP contribution is 2.35. The second-order valence-corrected chi connectivity index (χ2v) is 11.2. The summed E-state index contributed by atoms with van der Waals surface area (Å²) in [5.74, 6) is 0.141. The van der Waals surface area contributed by atoms with Gasteiger partial charge in [0.2, 0.25) is 0 Å². The fourth-order valence-electron chi connectivity index (χ4n) is 4.50. The van der Waals surface area contributed by atoms with E-state index in [1.54, 1.807) is 40.0 Å². The van der Waals surface area contributed by atoms with Crippen LogP contribution in [0.4, 0.5) is 10.5 Å². The molecule has 10 heteroatoms. The number of likely N-dealkylation sites (tertiary alicyclic amines) is 1. The quantitative estimate of drug-likeness (QED) is 0.369. The Balaban J connectivity index is 1.65. The third-order valence-corrected chi connectivity index (χ3v) is 7.04. The summed E-state index contributed by atoms with van der Waals surface area (Å²) in [5, 5.41) is 8.71. The van der Waals surface area contributed by atoms with Crippen LogP contribution in [0.15, 0.2) is 42.6 Å². The SMILES string of the molecule is COc1cc(Cl)c(C)cc1NC(=O)c1cnn(-c2ccc(Cl)cc2)c1C1CCN(C(=O)OC(C)(C)C)CC1. The molecule has 1 aliphatic rings. The van der Waals surface area contributed by atoms with Crippen LogP contribution in [-0.4, -0.2) is 52.5 Å². The number of piperidine rings is 1. The second-order valence-electron chi connectivity index (χ2n) is 10.3. The molecule has 0 unspecified atom stereocenters. The van der Waals surface area contributed by atoms with E-state index in [0.717, 1.165) is 16.9 Å². The lowest BCUT2D eigenvalue weighted by Gasteiger charge is -2.34. The van der Waals surface area contributed by atoms with Crippen molar-refractivity contribution in [2.75, 3.05) is 25.5 Å². The molecule has 0 bridgehead atoms. The Labute approximate surface area is 232 Å². The predicted molar refractivity (Wildman–Crippen MR) is 149 cm³/mol. The molecule has 38 heavy (non-hydrogen) atoms. The third kappa shape index (κ3) is 6.25. The van der Waals surface area contributed by atoms with E-state index in [-0.39, 0.29) is 17.9 Å². The molecule has 1 aliphatic heterocycles. The fourth-order valence-corrected chi connectivity index (χ4v) is 4.77. The molecule has 1 saturated heterocycles. The molecular weight excluding hydrogens is 527 g/mol. The molecule has 4 rings (SSSR count). The Morgan fingerprint density at radius 1 is 1.08 bits per heavy atom. The van der Waals surface area contributed by atoms with E-state index in [1.807, 2.05) is 39.8 Å². The van der Waals surface area contributed by atoms with Crippen molar-refractivity contribution >= 4 is 40.9 Å². The summed E-state index contributed by atoms with van der Waals surface area (Å²) in [7, 11) is 1.53. The van der Waals surface area contributed by atoms with Crippen molar-refractivity contribution < 1.29 is 19.1 Å². The first kappa shape index (κ1) is 27.8. The average Bonchev–Trinajstić information content (AvgIpc) is 3.31. The lowest BCUT2D eigenvalue weighted by atomic mass is 9.90. The molecule has 0 radical (unpaired) electrons. The number of carbonyl (C=O) groups is 2. The normalized spacial score (nSPS) is 14.3. The number of nitrogens with one attached hydrogen (secondary N) is 1. The summed E-state index contributed by atoms with van der Waals surface area (Å²) >= 11 is 12.4. The van der Waals surface area contributed by atoms with Gasteiger partial charge >= 0.3 is 6.09 Å². The van der Waals surface area contributed by atoms with Crippen molar-refractivity contribution in [3.63, 3.8) is 0 Å². The number of benzene rings is 2. The highest BCUT2D eigenvalue weighted by Gasteiger charge is 2.32. The smallest absolute Gasteiger partial charge is 0.410 e. The number of anilines is 1. The van der Waals surface area contributed by atoms with Crippen LogP contribution < -0.4 is 10.1 Å². The minimum Gasteiger partial charge on any atom is -0.495 e. The number of aromatic nitrogens is 2. The maximum Gasteiger partial charge on any atom is 0.410 e. The van der Waals surface area contributed by atoms with Crippen LogP contribution in [0, 0.1) is 6.92 Å². The Bertz CT molecular complexity index is 1320. The molecule has 202 valence electrons. The molecule has 8 nitrogen and oxygen atoms in total. The van der Waals surface area contributed by atoms with E-state index in [9.17, 15) is 9.59 Å². The number of hydrogen-bond acceptors (Lipinski definition) is 5. The molecule has 0 spiro atoms. The molecule has 2 aromatic carbocycles. The first-order valence-corrected chi connectivity index (χ1v) is 13.2.